The average Bonchev–Trinajstić information content (AvgIpc) is 2.56. The van der Waals surface area contributed by atoms with Gasteiger partial charge in [-0.2, -0.15) is 0 Å². The first-order valence-electron chi connectivity index (χ1n) is 8.00. The number of amides is 1. The summed E-state index contributed by atoms with van der Waals surface area (Å²) >= 11 is 0. The minimum Gasteiger partial charge on any atom is -0.382 e. The Morgan fingerprint density at radius 1 is 1.09 bits per heavy atom. The number of pyridine rings is 1. The van der Waals surface area contributed by atoms with Crippen LogP contribution in [0.25, 0.3) is 0 Å². The fourth-order valence-electron chi connectivity index (χ4n) is 2.89. The van der Waals surface area contributed by atoms with Crippen molar-refractivity contribution in [3.8, 4) is 0 Å². The molecule has 1 heterocycles. The van der Waals surface area contributed by atoms with Crippen molar-refractivity contribution in [3.63, 3.8) is 0 Å². The quantitative estimate of drug-likeness (QED) is 0.888. The van der Waals surface area contributed by atoms with Crippen LogP contribution in [0.15, 0.2) is 42.6 Å². The zero-order valence-electron chi connectivity index (χ0n) is 12.9. The number of nitrogens with zero attached hydrogens (tertiary/aromatic N) is 1. The number of rotatable bonds is 4. The second-order valence-electron chi connectivity index (χ2n) is 5.87. The van der Waals surface area contributed by atoms with Crippen LogP contribution in [0.1, 0.15) is 42.6 Å². The molecule has 3 rings (SSSR count). The highest BCUT2D eigenvalue weighted by atomic mass is 19.1. The minimum atomic E-state index is -0.386. The van der Waals surface area contributed by atoms with E-state index in [1.807, 2.05) is 6.07 Å². The molecule has 0 aliphatic heterocycles. The van der Waals surface area contributed by atoms with Gasteiger partial charge in [-0.15, -0.1) is 0 Å². The lowest BCUT2D eigenvalue weighted by Gasteiger charge is -2.23. The van der Waals surface area contributed by atoms with Crippen LogP contribution in [0.4, 0.5) is 15.8 Å². The Kier molecular flexibility index (Phi) is 4.86. The van der Waals surface area contributed by atoms with Crippen LogP contribution >= 0.6 is 0 Å². The molecule has 23 heavy (non-hydrogen) atoms. The van der Waals surface area contributed by atoms with E-state index in [1.54, 1.807) is 24.4 Å². The fraction of sp³-hybridized carbons (Fsp3) is 0.333. The Morgan fingerprint density at radius 2 is 1.91 bits per heavy atom. The lowest BCUT2D eigenvalue weighted by atomic mass is 9.95. The molecule has 5 heteroatoms. The summed E-state index contributed by atoms with van der Waals surface area (Å²) in [5.74, 6) is -0.730. The van der Waals surface area contributed by atoms with E-state index in [-0.39, 0.29) is 11.7 Å². The summed E-state index contributed by atoms with van der Waals surface area (Å²) in [6.45, 7) is 0. The van der Waals surface area contributed by atoms with E-state index in [2.05, 4.69) is 15.6 Å². The molecule has 0 saturated heterocycles. The van der Waals surface area contributed by atoms with E-state index in [1.165, 1.54) is 31.4 Å². The molecule has 0 atom stereocenters. The number of benzene rings is 1. The van der Waals surface area contributed by atoms with Crippen LogP contribution < -0.4 is 10.6 Å². The van der Waals surface area contributed by atoms with Crippen LogP contribution in [-0.2, 0) is 0 Å². The molecule has 0 bridgehead atoms. The van der Waals surface area contributed by atoms with Gasteiger partial charge in [0.25, 0.3) is 5.91 Å². The monoisotopic (exact) mass is 313 g/mol. The summed E-state index contributed by atoms with van der Waals surface area (Å²) in [5.41, 5.74) is 1.63. The van der Waals surface area contributed by atoms with Gasteiger partial charge in [0.1, 0.15) is 11.5 Å². The van der Waals surface area contributed by atoms with Crippen LogP contribution in [0.3, 0.4) is 0 Å². The summed E-state index contributed by atoms with van der Waals surface area (Å²) in [5, 5.41) is 6.13. The first-order chi connectivity index (χ1) is 11.2. The Labute approximate surface area is 135 Å². The van der Waals surface area contributed by atoms with Crippen molar-refractivity contribution in [2.45, 2.75) is 38.1 Å². The highest BCUT2D eigenvalue weighted by Crippen LogP contribution is 2.22. The molecule has 1 aromatic carbocycles. The van der Waals surface area contributed by atoms with Gasteiger partial charge in [0.2, 0.25) is 0 Å². The van der Waals surface area contributed by atoms with Crippen LogP contribution in [0.2, 0.25) is 0 Å². The van der Waals surface area contributed by atoms with Gasteiger partial charge in [-0.1, -0.05) is 25.3 Å². The molecule has 2 aromatic rings. The van der Waals surface area contributed by atoms with Crippen molar-refractivity contribution >= 4 is 17.3 Å². The average molecular weight is 313 g/mol. The third-order valence-electron chi connectivity index (χ3n) is 4.05. The summed E-state index contributed by atoms with van der Waals surface area (Å²) < 4.78 is 13.2. The zero-order chi connectivity index (χ0) is 16.1. The highest BCUT2D eigenvalue weighted by molar-refractivity contribution is 6.03. The molecule has 4 nitrogen and oxygen atoms in total. The lowest BCUT2D eigenvalue weighted by molar-refractivity contribution is 0.102. The minimum absolute atomic E-state index is 0.315. The van der Waals surface area contributed by atoms with E-state index in [4.69, 9.17) is 0 Å². The predicted molar refractivity (Wildman–Crippen MR) is 89.1 cm³/mol. The van der Waals surface area contributed by atoms with Gasteiger partial charge in [-0.25, -0.2) is 4.39 Å². The van der Waals surface area contributed by atoms with E-state index in [0.29, 0.717) is 17.4 Å². The van der Waals surface area contributed by atoms with Gasteiger partial charge < -0.3 is 10.6 Å². The highest BCUT2D eigenvalue weighted by Gasteiger charge is 2.14. The molecule has 2 N–H and O–H groups in total. The van der Waals surface area contributed by atoms with E-state index in [9.17, 15) is 9.18 Å². The number of carbonyl (C=O) groups excluding carboxylic acids is 1. The number of hydrogen-bond acceptors (Lipinski definition) is 3. The van der Waals surface area contributed by atoms with Gasteiger partial charge >= 0.3 is 0 Å². The molecule has 1 aromatic heterocycles. The Hall–Kier alpha value is -2.43. The smallest absolute Gasteiger partial charge is 0.274 e. The Balaban J connectivity index is 1.67. The Bertz CT molecular complexity index is 683. The molecular weight excluding hydrogens is 293 g/mol. The molecule has 120 valence electrons. The normalized spacial score (nSPS) is 15.2. The summed E-state index contributed by atoms with van der Waals surface area (Å²) in [6, 6.07) is 9.89. The Morgan fingerprint density at radius 3 is 2.70 bits per heavy atom. The van der Waals surface area contributed by atoms with Gasteiger partial charge in [-0.05, 0) is 43.2 Å². The predicted octanol–water partition coefficient (Wildman–Crippen LogP) is 4.22. The topological polar surface area (TPSA) is 54.0 Å². The van der Waals surface area contributed by atoms with Crippen molar-refractivity contribution in [2.75, 3.05) is 10.6 Å². The molecule has 1 aliphatic rings. The molecular formula is C18H20FN3O. The maximum Gasteiger partial charge on any atom is 0.274 e. The van der Waals surface area contributed by atoms with E-state index >= 15 is 0 Å². The maximum atomic E-state index is 13.2. The number of halogens is 1. The largest absolute Gasteiger partial charge is 0.382 e. The SMILES string of the molecule is O=C(Nc1cccc(F)c1)c1cc(NC2CCCCC2)ccn1. The van der Waals surface area contributed by atoms with Crippen LogP contribution in [0.5, 0.6) is 0 Å². The summed E-state index contributed by atoms with van der Waals surface area (Å²) in [7, 11) is 0. The second-order valence-corrected chi connectivity index (χ2v) is 5.87. The fourth-order valence-corrected chi connectivity index (χ4v) is 2.89. The van der Waals surface area contributed by atoms with Crippen molar-refractivity contribution in [1.29, 1.82) is 0 Å². The molecule has 1 aliphatic carbocycles. The van der Waals surface area contributed by atoms with Crippen LogP contribution in [0, 0.1) is 5.82 Å². The zero-order valence-corrected chi connectivity index (χ0v) is 12.9. The van der Waals surface area contributed by atoms with E-state index < -0.39 is 0 Å². The van der Waals surface area contributed by atoms with Crippen molar-refractivity contribution in [2.24, 2.45) is 0 Å². The number of aromatic nitrogens is 1. The van der Waals surface area contributed by atoms with Crippen molar-refractivity contribution < 1.29 is 9.18 Å². The number of carbonyl (C=O) groups is 1. The van der Waals surface area contributed by atoms with Crippen molar-refractivity contribution in [3.05, 3.63) is 54.1 Å². The van der Waals surface area contributed by atoms with Gasteiger partial charge in [0, 0.05) is 23.6 Å². The van der Waals surface area contributed by atoms with Crippen molar-refractivity contribution in [1.82, 2.24) is 4.98 Å². The third-order valence-corrected chi connectivity index (χ3v) is 4.05. The van der Waals surface area contributed by atoms with Gasteiger partial charge in [0.05, 0.1) is 0 Å². The van der Waals surface area contributed by atoms with Gasteiger partial charge in [-0.3, -0.25) is 9.78 Å². The molecule has 0 unspecified atom stereocenters. The van der Waals surface area contributed by atoms with E-state index in [0.717, 1.165) is 18.5 Å². The molecule has 0 spiro atoms. The van der Waals surface area contributed by atoms with Gasteiger partial charge in [0.15, 0.2) is 0 Å². The van der Waals surface area contributed by atoms with Crippen LogP contribution in [-0.4, -0.2) is 16.9 Å². The second kappa shape index (κ2) is 7.22. The standard InChI is InChI=1S/C18H20FN3O/c19-13-5-4-8-15(11-13)22-18(23)17-12-16(9-10-20-17)21-14-6-2-1-3-7-14/h4-5,8-12,14H,1-3,6-7H2,(H,20,21)(H,22,23). The molecule has 1 fully saturated rings. The molecule has 1 amide bonds. The number of anilines is 2. The maximum absolute atomic E-state index is 13.2. The summed E-state index contributed by atoms with van der Waals surface area (Å²) in [6.07, 6.45) is 7.73. The summed E-state index contributed by atoms with van der Waals surface area (Å²) in [4.78, 5) is 16.4. The number of hydrogen-bond donors (Lipinski definition) is 2. The molecule has 0 radical (unpaired) electrons. The number of nitrogens with one attached hydrogen (secondary N) is 2. The first kappa shape index (κ1) is 15.5. The lowest BCUT2D eigenvalue weighted by Crippen LogP contribution is -2.22. The first-order valence-corrected chi connectivity index (χ1v) is 8.00. The molecule has 1 saturated carbocycles. The third kappa shape index (κ3) is 4.28.